The molecule has 2 rings (SSSR count). The van der Waals surface area contributed by atoms with E-state index in [0.29, 0.717) is 6.54 Å². The van der Waals surface area contributed by atoms with E-state index in [1.165, 1.54) is 6.92 Å². The van der Waals surface area contributed by atoms with Gasteiger partial charge in [0, 0.05) is 18.3 Å². The molecule has 0 aliphatic rings. The van der Waals surface area contributed by atoms with E-state index in [9.17, 15) is 18.0 Å². The molecule has 0 radical (unpaired) electrons. The van der Waals surface area contributed by atoms with Crippen molar-refractivity contribution in [1.29, 1.82) is 0 Å². The molecule has 1 N–H and O–H groups in total. The Morgan fingerprint density at radius 1 is 1.36 bits per heavy atom. The number of amides is 1. The Morgan fingerprint density at radius 3 is 2.48 bits per heavy atom. The van der Waals surface area contributed by atoms with E-state index in [1.54, 1.807) is 11.6 Å². The molecule has 0 aliphatic carbocycles. The molecule has 2 aromatic rings. The summed E-state index contributed by atoms with van der Waals surface area (Å²) in [5, 5.41) is 10.6. The number of aromatic nitrogens is 4. The molecule has 138 valence electrons. The smallest absolute Gasteiger partial charge is 0.348 e. The second-order valence-corrected chi connectivity index (χ2v) is 6.51. The van der Waals surface area contributed by atoms with Crippen LogP contribution in [0.2, 0.25) is 0 Å². The largest absolute Gasteiger partial charge is 0.436 e. The number of alkyl halides is 3. The van der Waals surface area contributed by atoms with Gasteiger partial charge in [-0.25, -0.2) is 0 Å². The molecule has 1 unspecified atom stereocenters. The first kappa shape index (κ1) is 19.5. The minimum atomic E-state index is -4.58. The number of hydrogen-bond acceptors (Lipinski definition) is 3. The van der Waals surface area contributed by atoms with Crippen LogP contribution in [0, 0.1) is 13.8 Å². The number of halogens is 4. The summed E-state index contributed by atoms with van der Waals surface area (Å²) in [5.41, 5.74) is 0.868. The van der Waals surface area contributed by atoms with Gasteiger partial charge in [-0.1, -0.05) is 0 Å². The standard InChI is InChI=1S/C15H19BrF3N5O/c1-5-23-6-11(9(3)21-23)8(2)20-12(25)7-24-10(4)13(16)14(22-24)15(17,18)19/h6,8H,5,7H2,1-4H3,(H,20,25). The summed E-state index contributed by atoms with van der Waals surface area (Å²) in [5.74, 6) is -0.428. The predicted octanol–water partition coefficient (Wildman–Crippen LogP) is 3.38. The monoisotopic (exact) mass is 421 g/mol. The van der Waals surface area contributed by atoms with Gasteiger partial charge in [-0.3, -0.25) is 14.2 Å². The average Bonchev–Trinajstić information content (AvgIpc) is 3.01. The zero-order valence-corrected chi connectivity index (χ0v) is 15.9. The summed E-state index contributed by atoms with van der Waals surface area (Å²) in [7, 11) is 0. The molecular weight excluding hydrogens is 403 g/mol. The average molecular weight is 422 g/mol. The first-order valence-electron chi connectivity index (χ1n) is 7.68. The zero-order valence-electron chi connectivity index (χ0n) is 14.3. The third-order valence-corrected chi connectivity index (χ3v) is 4.80. The van der Waals surface area contributed by atoms with Crippen molar-refractivity contribution in [3.05, 3.63) is 33.3 Å². The molecule has 0 saturated carbocycles. The number of nitrogens with zero attached hydrogens (tertiary/aromatic N) is 4. The van der Waals surface area contributed by atoms with Crippen molar-refractivity contribution < 1.29 is 18.0 Å². The van der Waals surface area contributed by atoms with E-state index in [2.05, 4.69) is 31.4 Å². The molecule has 6 nitrogen and oxygen atoms in total. The Kier molecular flexibility index (Phi) is 5.60. The first-order valence-corrected chi connectivity index (χ1v) is 8.47. The van der Waals surface area contributed by atoms with E-state index in [4.69, 9.17) is 0 Å². The fourth-order valence-corrected chi connectivity index (χ4v) is 2.99. The van der Waals surface area contributed by atoms with E-state index >= 15 is 0 Å². The Hall–Kier alpha value is -1.84. The number of hydrogen-bond donors (Lipinski definition) is 1. The van der Waals surface area contributed by atoms with Crippen molar-refractivity contribution in [2.45, 2.75) is 53.0 Å². The summed E-state index contributed by atoms with van der Waals surface area (Å²) in [6.45, 7) is 7.48. The van der Waals surface area contributed by atoms with Gasteiger partial charge in [-0.05, 0) is 43.6 Å². The number of rotatable bonds is 5. The molecule has 0 fully saturated rings. The lowest BCUT2D eigenvalue weighted by molar-refractivity contribution is -0.142. The van der Waals surface area contributed by atoms with E-state index in [1.807, 2.05) is 20.0 Å². The van der Waals surface area contributed by atoms with Gasteiger partial charge in [0.15, 0.2) is 5.69 Å². The predicted molar refractivity (Wildman–Crippen MR) is 88.9 cm³/mol. The molecule has 2 heterocycles. The highest BCUT2D eigenvalue weighted by Gasteiger charge is 2.38. The molecule has 0 spiro atoms. The lowest BCUT2D eigenvalue weighted by Gasteiger charge is -2.13. The SMILES string of the molecule is CCn1cc(C(C)NC(=O)Cn2nc(C(F)(F)F)c(Br)c2C)c(C)n1. The third-order valence-electron chi connectivity index (χ3n) is 3.85. The summed E-state index contributed by atoms with van der Waals surface area (Å²) < 4.78 is 41.3. The van der Waals surface area contributed by atoms with Crippen LogP contribution < -0.4 is 5.32 Å². The van der Waals surface area contributed by atoms with Gasteiger partial charge in [-0.15, -0.1) is 0 Å². The van der Waals surface area contributed by atoms with Crippen LogP contribution in [0.1, 0.15) is 42.5 Å². The van der Waals surface area contributed by atoms with Crippen molar-refractivity contribution in [1.82, 2.24) is 24.9 Å². The molecule has 2 aromatic heterocycles. The lowest BCUT2D eigenvalue weighted by atomic mass is 10.1. The number of aryl methyl sites for hydroxylation is 2. The highest BCUT2D eigenvalue weighted by Crippen LogP contribution is 2.35. The van der Waals surface area contributed by atoms with Crippen molar-refractivity contribution in [3.63, 3.8) is 0 Å². The lowest BCUT2D eigenvalue weighted by Crippen LogP contribution is -2.31. The Balaban J connectivity index is 2.11. The highest BCUT2D eigenvalue weighted by atomic mass is 79.9. The van der Waals surface area contributed by atoms with Crippen LogP contribution in [-0.2, 0) is 24.1 Å². The maximum absolute atomic E-state index is 12.9. The quantitative estimate of drug-likeness (QED) is 0.804. The maximum Gasteiger partial charge on any atom is 0.436 e. The minimum absolute atomic E-state index is 0.152. The van der Waals surface area contributed by atoms with Crippen molar-refractivity contribution in [3.8, 4) is 0 Å². The van der Waals surface area contributed by atoms with Crippen molar-refractivity contribution in [2.24, 2.45) is 0 Å². The third kappa shape index (κ3) is 4.23. The topological polar surface area (TPSA) is 64.7 Å². The van der Waals surface area contributed by atoms with Crippen LogP contribution in [0.25, 0.3) is 0 Å². The van der Waals surface area contributed by atoms with Gasteiger partial charge in [0.2, 0.25) is 5.91 Å². The molecule has 0 bridgehead atoms. The molecule has 25 heavy (non-hydrogen) atoms. The van der Waals surface area contributed by atoms with Gasteiger partial charge >= 0.3 is 6.18 Å². The van der Waals surface area contributed by atoms with Gasteiger partial charge < -0.3 is 5.32 Å². The van der Waals surface area contributed by atoms with Crippen molar-refractivity contribution >= 4 is 21.8 Å². The molecule has 0 saturated heterocycles. The fourth-order valence-electron chi connectivity index (χ4n) is 2.48. The normalized spacial score (nSPS) is 13.1. The van der Waals surface area contributed by atoms with Crippen LogP contribution in [0.4, 0.5) is 13.2 Å². The fraction of sp³-hybridized carbons (Fsp3) is 0.533. The Bertz CT molecular complexity index is 781. The number of nitrogens with one attached hydrogen (secondary N) is 1. The van der Waals surface area contributed by atoms with Crippen molar-refractivity contribution in [2.75, 3.05) is 0 Å². The van der Waals surface area contributed by atoms with Crippen LogP contribution in [0.15, 0.2) is 10.7 Å². The Labute approximate surface area is 151 Å². The summed E-state index contributed by atoms with van der Waals surface area (Å²) in [6, 6.07) is -0.311. The minimum Gasteiger partial charge on any atom is -0.348 e. The first-order chi connectivity index (χ1) is 11.5. The van der Waals surface area contributed by atoms with Gasteiger partial charge in [0.05, 0.1) is 21.9 Å². The van der Waals surface area contributed by atoms with Gasteiger partial charge in [0.1, 0.15) is 6.54 Å². The van der Waals surface area contributed by atoms with Crippen LogP contribution in [-0.4, -0.2) is 25.5 Å². The second-order valence-electron chi connectivity index (χ2n) is 5.72. The molecule has 0 aromatic carbocycles. The Morgan fingerprint density at radius 2 is 2.00 bits per heavy atom. The van der Waals surface area contributed by atoms with Crippen LogP contribution in [0.5, 0.6) is 0 Å². The zero-order chi connectivity index (χ0) is 18.9. The highest BCUT2D eigenvalue weighted by molar-refractivity contribution is 9.10. The number of carbonyl (C=O) groups is 1. The summed E-state index contributed by atoms with van der Waals surface area (Å²) in [4.78, 5) is 12.2. The van der Waals surface area contributed by atoms with Crippen LogP contribution in [0.3, 0.4) is 0 Å². The number of carbonyl (C=O) groups excluding carboxylic acids is 1. The molecule has 0 aliphatic heterocycles. The van der Waals surface area contributed by atoms with E-state index in [-0.39, 0.29) is 22.8 Å². The second kappa shape index (κ2) is 7.19. The van der Waals surface area contributed by atoms with Gasteiger partial charge in [-0.2, -0.15) is 23.4 Å². The molecule has 10 heteroatoms. The molecule has 1 amide bonds. The summed E-state index contributed by atoms with van der Waals surface area (Å²) in [6.07, 6.45) is -2.73. The molecule has 1 atom stereocenters. The van der Waals surface area contributed by atoms with Gasteiger partial charge in [0.25, 0.3) is 0 Å². The van der Waals surface area contributed by atoms with E-state index in [0.717, 1.165) is 15.9 Å². The maximum atomic E-state index is 12.9. The van der Waals surface area contributed by atoms with E-state index < -0.39 is 17.8 Å². The summed E-state index contributed by atoms with van der Waals surface area (Å²) >= 11 is 2.89. The molecular formula is C15H19BrF3N5O. The van der Waals surface area contributed by atoms with Crippen LogP contribution >= 0.6 is 15.9 Å².